The lowest BCUT2D eigenvalue weighted by molar-refractivity contribution is 0.0594. The quantitative estimate of drug-likeness (QED) is 0.439. The van der Waals surface area contributed by atoms with Gasteiger partial charge in [-0.05, 0) is 71.1 Å². The fraction of sp³-hybridized carbons (Fsp3) is 0.214. The molecular weight excluding hydrogens is 415 g/mol. The summed E-state index contributed by atoms with van der Waals surface area (Å²) < 4.78 is 15.2. The summed E-state index contributed by atoms with van der Waals surface area (Å²) in [5.74, 6) is -0.0729. The number of fused-ring (bicyclic) bond motifs is 5. The van der Waals surface area contributed by atoms with Crippen LogP contribution in [-0.4, -0.2) is 28.5 Å². The van der Waals surface area contributed by atoms with Crippen LogP contribution in [-0.2, 0) is 6.54 Å². The molecule has 2 aliphatic rings. The van der Waals surface area contributed by atoms with Crippen molar-refractivity contribution in [3.8, 4) is 11.1 Å². The van der Waals surface area contributed by atoms with E-state index in [0.29, 0.717) is 30.8 Å². The third-order valence-corrected chi connectivity index (χ3v) is 7.04. The number of benzene rings is 3. The Balaban J connectivity index is 1.32. The van der Waals surface area contributed by atoms with Crippen LogP contribution in [0.2, 0.25) is 0 Å². The predicted octanol–water partition coefficient (Wildman–Crippen LogP) is 5.07. The average Bonchev–Trinajstić information content (AvgIpc) is 2.84. The fourth-order valence-electron chi connectivity index (χ4n) is 5.46. The largest absolute Gasteiger partial charge is 0.338 e. The molecule has 33 heavy (non-hydrogen) atoms. The number of amides is 1. The zero-order chi connectivity index (χ0) is 22.5. The van der Waals surface area contributed by atoms with Crippen molar-refractivity contribution in [2.45, 2.75) is 18.9 Å². The smallest absolute Gasteiger partial charge is 0.258 e. The van der Waals surface area contributed by atoms with Gasteiger partial charge in [0.05, 0.1) is 0 Å². The molecule has 2 unspecified atom stereocenters. The number of hydrogen-bond acceptors (Lipinski definition) is 2. The maximum atomic E-state index is 13.5. The molecule has 5 heteroatoms. The van der Waals surface area contributed by atoms with Crippen molar-refractivity contribution in [1.29, 1.82) is 0 Å². The first kappa shape index (κ1) is 19.9. The molecule has 4 aromatic rings. The lowest BCUT2D eigenvalue weighted by Crippen LogP contribution is -2.49. The lowest BCUT2D eigenvalue weighted by Gasteiger charge is -2.43. The van der Waals surface area contributed by atoms with E-state index in [1.165, 1.54) is 24.3 Å². The second-order valence-electron chi connectivity index (χ2n) is 9.17. The second kappa shape index (κ2) is 7.69. The van der Waals surface area contributed by atoms with Crippen LogP contribution in [0.15, 0.2) is 83.7 Å². The van der Waals surface area contributed by atoms with E-state index in [1.807, 2.05) is 33.7 Å². The van der Waals surface area contributed by atoms with Crippen molar-refractivity contribution in [2.24, 2.45) is 5.92 Å². The van der Waals surface area contributed by atoms with E-state index < -0.39 is 0 Å². The van der Waals surface area contributed by atoms with E-state index in [1.54, 1.807) is 0 Å². The number of carbonyl (C=O) groups is 1. The normalized spacial score (nSPS) is 19.4. The molecule has 164 valence electrons. The van der Waals surface area contributed by atoms with Gasteiger partial charge in [0.1, 0.15) is 5.82 Å². The minimum atomic E-state index is -0.349. The van der Waals surface area contributed by atoms with Gasteiger partial charge in [-0.2, -0.15) is 0 Å². The Morgan fingerprint density at radius 2 is 1.64 bits per heavy atom. The molecule has 6 rings (SSSR count). The molecule has 0 saturated carbocycles. The monoisotopic (exact) mass is 438 g/mol. The molecule has 1 fully saturated rings. The summed E-state index contributed by atoms with van der Waals surface area (Å²) >= 11 is 0. The molecule has 4 nitrogen and oxygen atoms in total. The molecule has 0 aliphatic carbocycles. The Hall–Kier alpha value is -3.73. The van der Waals surface area contributed by atoms with Crippen LogP contribution in [0.3, 0.4) is 0 Å². The first-order valence-corrected chi connectivity index (χ1v) is 11.3. The Labute approximate surface area is 190 Å². The Kier molecular flexibility index (Phi) is 4.64. The Bertz CT molecular complexity index is 1440. The molecule has 0 spiro atoms. The van der Waals surface area contributed by atoms with Gasteiger partial charge < -0.3 is 9.47 Å². The second-order valence-corrected chi connectivity index (χ2v) is 9.17. The maximum Gasteiger partial charge on any atom is 0.258 e. The summed E-state index contributed by atoms with van der Waals surface area (Å²) in [7, 11) is 0. The zero-order valence-electron chi connectivity index (χ0n) is 18.1. The average molecular weight is 439 g/mol. The minimum Gasteiger partial charge on any atom is -0.338 e. The van der Waals surface area contributed by atoms with Gasteiger partial charge in [0.25, 0.3) is 11.5 Å². The van der Waals surface area contributed by atoms with Gasteiger partial charge in [-0.3, -0.25) is 9.59 Å². The summed E-state index contributed by atoms with van der Waals surface area (Å²) in [6, 6.07) is 24.0. The van der Waals surface area contributed by atoms with Crippen molar-refractivity contribution in [1.82, 2.24) is 9.47 Å². The van der Waals surface area contributed by atoms with Gasteiger partial charge in [-0.1, -0.05) is 36.4 Å². The number of halogens is 1. The number of piperidine rings is 1. The lowest BCUT2D eigenvalue weighted by atomic mass is 9.82. The highest BCUT2D eigenvalue weighted by molar-refractivity contribution is 5.94. The maximum absolute atomic E-state index is 13.5. The van der Waals surface area contributed by atoms with Crippen molar-refractivity contribution in [3.05, 3.63) is 106 Å². The van der Waals surface area contributed by atoms with Crippen LogP contribution in [0, 0.1) is 11.7 Å². The van der Waals surface area contributed by atoms with Crippen LogP contribution in [0.5, 0.6) is 0 Å². The van der Waals surface area contributed by atoms with Gasteiger partial charge in [-0.25, -0.2) is 4.39 Å². The predicted molar refractivity (Wildman–Crippen MR) is 127 cm³/mol. The van der Waals surface area contributed by atoms with Gasteiger partial charge in [0.2, 0.25) is 0 Å². The SMILES string of the molecule is O=C(c1ccc(F)cc1)N1CC2CC(C1)c1ccc(-c3ccc4ccccc4c3)c(=O)n1C2. The summed E-state index contributed by atoms with van der Waals surface area (Å²) in [5.41, 5.74) is 3.18. The van der Waals surface area contributed by atoms with E-state index >= 15 is 0 Å². The Morgan fingerprint density at radius 3 is 2.45 bits per heavy atom. The highest BCUT2D eigenvalue weighted by Crippen LogP contribution is 2.36. The number of pyridine rings is 1. The number of carbonyl (C=O) groups excluding carboxylic acids is 1. The number of likely N-dealkylation sites (tertiary alicyclic amines) is 1. The van der Waals surface area contributed by atoms with Crippen LogP contribution in [0.4, 0.5) is 4.39 Å². The van der Waals surface area contributed by atoms with Crippen LogP contribution in [0.25, 0.3) is 21.9 Å². The topological polar surface area (TPSA) is 42.3 Å². The molecular formula is C28H23FN2O2. The van der Waals surface area contributed by atoms with Crippen molar-refractivity contribution >= 4 is 16.7 Å². The molecule has 1 aromatic heterocycles. The molecule has 2 atom stereocenters. The highest BCUT2D eigenvalue weighted by atomic mass is 19.1. The van der Waals surface area contributed by atoms with E-state index in [0.717, 1.165) is 28.5 Å². The Morgan fingerprint density at radius 1 is 0.848 bits per heavy atom. The summed E-state index contributed by atoms with van der Waals surface area (Å²) in [5, 5.41) is 2.27. The first-order chi connectivity index (χ1) is 16.1. The zero-order valence-corrected chi connectivity index (χ0v) is 18.1. The third-order valence-electron chi connectivity index (χ3n) is 7.04. The number of hydrogen-bond donors (Lipinski definition) is 0. The summed E-state index contributed by atoms with van der Waals surface area (Å²) in [6.45, 7) is 1.79. The van der Waals surface area contributed by atoms with Crippen molar-refractivity contribution in [2.75, 3.05) is 13.1 Å². The number of rotatable bonds is 2. The minimum absolute atomic E-state index is 0.0378. The fourth-order valence-corrected chi connectivity index (χ4v) is 5.46. The molecule has 3 aromatic carbocycles. The number of nitrogens with zero attached hydrogens (tertiary/aromatic N) is 2. The van der Waals surface area contributed by atoms with E-state index in [9.17, 15) is 14.0 Å². The third kappa shape index (κ3) is 3.44. The molecule has 2 bridgehead atoms. The van der Waals surface area contributed by atoms with E-state index in [4.69, 9.17) is 0 Å². The summed E-state index contributed by atoms with van der Waals surface area (Å²) in [6.07, 6.45) is 0.974. The van der Waals surface area contributed by atoms with Crippen LogP contribution in [0.1, 0.15) is 28.4 Å². The van der Waals surface area contributed by atoms with Crippen molar-refractivity contribution < 1.29 is 9.18 Å². The molecule has 2 aliphatic heterocycles. The first-order valence-electron chi connectivity index (χ1n) is 11.3. The molecule has 1 saturated heterocycles. The molecule has 3 heterocycles. The van der Waals surface area contributed by atoms with Crippen molar-refractivity contribution in [3.63, 3.8) is 0 Å². The van der Waals surface area contributed by atoms with E-state index in [2.05, 4.69) is 30.3 Å². The highest BCUT2D eigenvalue weighted by Gasteiger charge is 2.37. The molecule has 0 radical (unpaired) electrons. The van der Waals surface area contributed by atoms with E-state index in [-0.39, 0.29) is 29.1 Å². The van der Waals surface area contributed by atoms with Crippen LogP contribution >= 0.6 is 0 Å². The molecule has 1 amide bonds. The number of aromatic nitrogens is 1. The van der Waals surface area contributed by atoms with Gasteiger partial charge in [0, 0.05) is 42.4 Å². The van der Waals surface area contributed by atoms with Gasteiger partial charge in [-0.15, -0.1) is 0 Å². The van der Waals surface area contributed by atoms with Gasteiger partial charge in [0.15, 0.2) is 0 Å². The molecule has 0 N–H and O–H groups in total. The van der Waals surface area contributed by atoms with Crippen LogP contribution < -0.4 is 5.56 Å². The summed E-state index contributed by atoms with van der Waals surface area (Å²) in [4.78, 5) is 28.4. The van der Waals surface area contributed by atoms with Gasteiger partial charge >= 0.3 is 0 Å². The standard InChI is InChI=1S/C28H23FN2O2/c29-24-9-7-20(8-10-24)27(32)30-15-18-13-23(17-30)26-12-11-25(28(33)31(26)16-18)22-6-5-19-3-1-2-4-21(19)14-22/h1-12,14,18,23H,13,15-17H2.